The van der Waals surface area contributed by atoms with E-state index in [9.17, 15) is 8.42 Å². The predicted octanol–water partition coefficient (Wildman–Crippen LogP) is 6.59. The summed E-state index contributed by atoms with van der Waals surface area (Å²) in [7, 11) is -3.54. The quantitative estimate of drug-likeness (QED) is 0.212. The van der Waals surface area contributed by atoms with E-state index in [0.717, 1.165) is 22.6 Å². The zero-order chi connectivity index (χ0) is 27.6. The highest BCUT2D eigenvalue weighted by Crippen LogP contribution is 2.36. The lowest BCUT2D eigenvalue weighted by molar-refractivity contribution is 0.243. The van der Waals surface area contributed by atoms with Crippen molar-refractivity contribution in [1.29, 1.82) is 0 Å². The van der Waals surface area contributed by atoms with Gasteiger partial charge in [-0.3, -0.25) is 0 Å². The third-order valence-corrected chi connectivity index (χ3v) is 8.22. The van der Waals surface area contributed by atoms with Crippen LogP contribution in [-0.4, -0.2) is 39.7 Å². The Bertz CT molecular complexity index is 1570. The standard InChI is InChI=1S/C27H31ClN6O3S/c1-15(2)37-24-11-17(5)19(23-14-29-18(6)31-23)12-22(24)33-27-30-13-20(28)26(34-27)32-21-9-7-8-10-25(21)38(35,36)16(3)4/h7-16H,1-6H3,(H,29,31)(H2,30,32,33,34). The van der Waals surface area contributed by atoms with Crippen molar-refractivity contribution in [2.24, 2.45) is 0 Å². The zero-order valence-electron chi connectivity index (χ0n) is 22.1. The number of hydrogen-bond donors (Lipinski definition) is 3. The number of benzene rings is 2. The number of nitrogens with one attached hydrogen (secondary N) is 3. The molecule has 4 aromatic rings. The van der Waals surface area contributed by atoms with Gasteiger partial charge in [-0.05, 0) is 71.4 Å². The maximum absolute atomic E-state index is 12.9. The summed E-state index contributed by atoms with van der Waals surface area (Å²) in [6, 6.07) is 10.6. The molecule has 0 radical (unpaired) electrons. The lowest BCUT2D eigenvalue weighted by Gasteiger charge is -2.18. The van der Waals surface area contributed by atoms with Crippen LogP contribution in [0.4, 0.5) is 23.1 Å². The summed E-state index contributed by atoms with van der Waals surface area (Å²) in [5, 5.41) is 5.97. The molecular formula is C27H31ClN6O3S. The Kier molecular flexibility index (Phi) is 7.94. The fourth-order valence-corrected chi connectivity index (χ4v) is 5.14. The van der Waals surface area contributed by atoms with Crippen LogP contribution in [-0.2, 0) is 9.84 Å². The molecule has 0 aliphatic carbocycles. The summed E-state index contributed by atoms with van der Waals surface area (Å²) in [5.41, 5.74) is 3.76. The fraction of sp³-hybridized carbons (Fsp3) is 0.296. The van der Waals surface area contributed by atoms with E-state index in [1.165, 1.54) is 6.20 Å². The first-order chi connectivity index (χ1) is 18.0. The van der Waals surface area contributed by atoms with Gasteiger partial charge in [-0.25, -0.2) is 18.4 Å². The SMILES string of the molecule is Cc1nc(-c2cc(Nc3ncc(Cl)c(Nc4ccccc4S(=O)(=O)C(C)C)n3)c(OC(C)C)cc2C)c[nH]1. The van der Waals surface area contributed by atoms with Gasteiger partial charge in [0.2, 0.25) is 5.95 Å². The summed E-state index contributed by atoms with van der Waals surface area (Å²) in [4.78, 5) is 16.7. The minimum Gasteiger partial charge on any atom is -0.489 e. The largest absolute Gasteiger partial charge is 0.489 e. The number of aromatic amines is 1. The van der Waals surface area contributed by atoms with Crippen LogP contribution in [0.1, 0.15) is 39.1 Å². The Balaban J connectivity index is 1.72. The van der Waals surface area contributed by atoms with Crippen LogP contribution in [0.2, 0.25) is 5.02 Å². The van der Waals surface area contributed by atoms with E-state index in [2.05, 4.69) is 30.6 Å². The molecule has 38 heavy (non-hydrogen) atoms. The fourth-order valence-electron chi connectivity index (χ4n) is 3.80. The molecule has 0 fully saturated rings. The minimum atomic E-state index is -3.54. The third kappa shape index (κ3) is 5.92. The zero-order valence-corrected chi connectivity index (χ0v) is 23.7. The highest BCUT2D eigenvalue weighted by molar-refractivity contribution is 7.92. The number of ether oxygens (including phenoxy) is 1. The van der Waals surface area contributed by atoms with Gasteiger partial charge >= 0.3 is 0 Å². The summed E-state index contributed by atoms with van der Waals surface area (Å²) in [5.74, 6) is 1.96. The van der Waals surface area contributed by atoms with Gasteiger partial charge in [-0.2, -0.15) is 4.98 Å². The van der Waals surface area contributed by atoms with Crippen LogP contribution >= 0.6 is 11.6 Å². The van der Waals surface area contributed by atoms with Gasteiger partial charge in [0.05, 0.1) is 39.5 Å². The number of nitrogens with zero attached hydrogens (tertiary/aromatic N) is 3. The first-order valence-electron chi connectivity index (χ1n) is 12.2. The summed E-state index contributed by atoms with van der Waals surface area (Å²) >= 11 is 6.41. The number of halogens is 1. The molecule has 200 valence electrons. The van der Waals surface area contributed by atoms with E-state index >= 15 is 0 Å². The summed E-state index contributed by atoms with van der Waals surface area (Å²) in [6.45, 7) is 11.1. The molecule has 3 N–H and O–H groups in total. The molecule has 0 saturated heterocycles. The van der Waals surface area contributed by atoms with Crippen molar-refractivity contribution in [3.63, 3.8) is 0 Å². The number of imidazole rings is 1. The Labute approximate surface area is 228 Å². The van der Waals surface area contributed by atoms with Gasteiger partial charge < -0.3 is 20.4 Å². The van der Waals surface area contributed by atoms with E-state index in [4.69, 9.17) is 16.3 Å². The molecule has 9 nitrogen and oxygen atoms in total. The number of aromatic nitrogens is 4. The smallest absolute Gasteiger partial charge is 0.229 e. The Morgan fingerprint density at radius 2 is 1.74 bits per heavy atom. The molecule has 0 bridgehead atoms. The molecular weight excluding hydrogens is 524 g/mol. The molecule has 11 heteroatoms. The number of aryl methyl sites for hydroxylation is 2. The molecule has 0 atom stereocenters. The molecule has 2 aromatic heterocycles. The second-order valence-corrected chi connectivity index (χ2v) is 12.3. The normalized spacial score (nSPS) is 11.7. The number of H-pyrrole nitrogens is 1. The van der Waals surface area contributed by atoms with Crippen molar-refractivity contribution in [1.82, 2.24) is 19.9 Å². The van der Waals surface area contributed by atoms with Gasteiger partial charge in [0.25, 0.3) is 0 Å². The average Bonchev–Trinajstić information content (AvgIpc) is 3.28. The van der Waals surface area contributed by atoms with Crippen LogP contribution in [0.25, 0.3) is 11.3 Å². The molecule has 0 saturated carbocycles. The van der Waals surface area contributed by atoms with Crippen LogP contribution in [0.5, 0.6) is 5.75 Å². The van der Waals surface area contributed by atoms with Crippen LogP contribution < -0.4 is 15.4 Å². The van der Waals surface area contributed by atoms with Crippen molar-refractivity contribution in [2.45, 2.75) is 57.8 Å². The maximum atomic E-state index is 12.9. The first-order valence-corrected chi connectivity index (χ1v) is 14.1. The van der Waals surface area contributed by atoms with E-state index in [0.29, 0.717) is 17.1 Å². The highest BCUT2D eigenvalue weighted by atomic mass is 35.5. The van der Waals surface area contributed by atoms with Crippen LogP contribution in [0.3, 0.4) is 0 Å². The van der Waals surface area contributed by atoms with E-state index in [-0.39, 0.29) is 27.8 Å². The second kappa shape index (κ2) is 11.0. The molecule has 0 unspecified atom stereocenters. The van der Waals surface area contributed by atoms with Crippen LogP contribution in [0, 0.1) is 13.8 Å². The van der Waals surface area contributed by atoms with Crippen LogP contribution in [0.15, 0.2) is 53.7 Å². The Morgan fingerprint density at radius 1 is 1.00 bits per heavy atom. The first kappa shape index (κ1) is 27.4. The molecule has 0 amide bonds. The molecule has 0 aliphatic heterocycles. The summed E-state index contributed by atoms with van der Waals surface area (Å²) < 4.78 is 31.9. The van der Waals surface area contributed by atoms with Crippen molar-refractivity contribution in [3.8, 4) is 17.0 Å². The van der Waals surface area contributed by atoms with Crippen molar-refractivity contribution < 1.29 is 13.2 Å². The second-order valence-electron chi connectivity index (χ2n) is 9.43. The summed E-state index contributed by atoms with van der Waals surface area (Å²) in [6.07, 6.45) is 3.25. The monoisotopic (exact) mass is 554 g/mol. The third-order valence-electron chi connectivity index (χ3n) is 5.73. The molecule has 2 aromatic carbocycles. The topological polar surface area (TPSA) is 122 Å². The van der Waals surface area contributed by atoms with Gasteiger partial charge in [-0.15, -0.1) is 0 Å². The lowest BCUT2D eigenvalue weighted by atomic mass is 10.0. The molecule has 2 heterocycles. The lowest BCUT2D eigenvalue weighted by Crippen LogP contribution is -2.15. The van der Waals surface area contributed by atoms with Crippen molar-refractivity contribution >= 4 is 44.6 Å². The van der Waals surface area contributed by atoms with Gasteiger partial charge in [0, 0.05) is 11.8 Å². The molecule has 0 aliphatic rings. The predicted molar refractivity (Wildman–Crippen MR) is 152 cm³/mol. The van der Waals surface area contributed by atoms with Gasteiger partial charge in [0.15, 0.2) is 15.7 Å². The highest BCUT2D eigenvalue weighted by Gasteiger charge is 2.23. The van der Waals surface area contributed by atoms with E-state index in [1.807, 2.05) is 46.0 Å². The number of hydrogen-bond acceptors (Lipinski definition) is 8. The minimum absolute atomic E-state index is 0.0591. The number of sulfone groups is 1. The number of rotatable bonds is 9. The van der Waals surface area contributed by atoms with Crippen molar-refractivity contribution in [2.75, 3.05) is 10.6 Å². The number of para-hydroxylation sites is 1. The van der Waals surface area contributed by atoms with Crippen molar-refractivity contribution in [3.05, 3.63) is 65.2 Å². The van der Waals surface area contributed by atoms with E-state index in [1.54, 1.807) is 38.1 Å². The average molecular weight is 555 g/mol. The van der Waals surface area contributed by atoms with Gasteiger partial charge in [0.1, 0.15) is 16.6 Å². The Morgan fingerprint density at radius 3 is 2.39 bits per heavy atom. The Hall–Kier alpha value is -3.63. The number of anilines is 4. The maximum Gasteiger partial charge on any atom is 0.229 e. The van der Waals surface area contributed by atoms with E-state index < -0.39 is 15.1 Å². The molecule has 4 rings (SSSR count). The van der Waals surface area contributed by atoms with Gasteiger partial charge in [-0.1, -0.05) is 23.7 Å². The molecule has 0 spiro atoms.